The Labute approximate surface area is 147 Å². The predicted octanol–water partition coefficient (Wildman–Crippen LogP) is 1.84. The van der Waals surface area contributed by atoms with Crippen molar-refractivity contribution in [2.24, 2.45) is 5.73 Å². The topological polar surface area (TPSA) is 139 Å². The van der Waals surface area contributed by atoms with Crippen molar-refractivity contribution in [1.82, 2.24) is 0 Å². The summed E-state index contributed by atoms with van der Waals surface area (Å²) in [4.78, 5) is 44.9. The molecule has 2 rings (SSSR count). The third-order valence-corrected chi connectivity index (χ3v) is 3.47. The molecule has 26 heavy (non-hydrogen) atoms. The summed E-state index contributed by atoms with van der Waals surface area (Å²) < 4.78 is 9.61. The van der Waals surface area contributed by atoms with Gasteiger partial charge in [-0.1, -0.05) is 0 Å². The van der Waals surface area contributed by atoms with E-state index in [9.17, 15) is 24.5 Å². The molecule has 0 aromatic heterocycles. The summed E-state index contributed by atoms with van der Waals surface area (Å²) in [6, 6.07) is 9.17. The normalized spacial score (nSPS) is 10.0. The first-order valence-corrected chi connectivity index (χ1v) is 7.26. The summed E-state index contributed by atoms with van der Waals surface area (Å²) in [7, 11) is 1.24. The number of primary amides is 1. The molecule has 0 aliphatic heterocycles. The maximum atomic E-state index is 12.0. The van der Waals surface area contributed by atoms with E-state index in [1.165, 1.54) is 43.5 Å². The standard InChI is InChI=1S/C17H14N2O7/c1-25-16(21)10-2-4-11(5-3-10)17(22)26-9-13-7-6-12(15(18)20)8-14(13)19(23)24/h2-8H,9H2,1H3,(H2,18,20). The van der Waals surface area contributed by atoms with Crippen LogP contribution in [-0.4, -0.2) is 29.9 Å². The van der Waals surface area contributed by atoms with Gasteiger partial charge in [0.2, 0.25) is 5.91 Å². The van der Waals surface area contributed by atoms with Crippen molar-refractivity contribution < 1.29 is 28.8 Å². The monoisotopic (exact) mass is 358 g/mol. The second-order valence-electron chi connectivity index (χ2n) is 5.11. The molecule has 9 heteroatoms. The molecule has 1 amide bonds. The van der Waals surface area contributed by atoms with E-state index in [4.69, 9.17) is 10.5 Å². The molecule has 2 aromatic carbocycles. The third-order valence-electron chi connectivity index (χ3n) is 3.47. The van der Waals surface area contributed by atoms with E-state index in [-0.39, 0.29) is 34.5 Å². The summed E-state index contributed by atoms with van der Waals surface area (Å²) in [6.45, 7) is -0.368. The average molecular weight is 358 g/mol. The van der Waals surface area contributed by atoms with Crippen molar-refractivity contribution in [3.8, 4) is 0 Å². The number of amides is 1. The molecule has 134 valence electrons. The molecule has 2 N–H and O–H groups in total. The Morgan fingerprint density at radius 1 is 1.00 bits per heavy atom. The second kappa shape index (κ2) is 7.88. The van der Waals surface area contributed by atoms with Gasteiger partial charge in [0.05, 0.1) is 28.7 Å². The van der Waals surface area contributed by atoms with Crippen LogP contribution in [0, 0.1) is 10.1 Å². The molecule has 0 saturated heterocycles. The molecule has 0 unspecified atom stereocenters. The molecule has 9 nitrogen and oxygen atoms in total. The summed E-state index contributed by atoms with van der Waals surface area (Å²) in [6.07, 6.45) is 0. The van der Waals surface area contributed by atoms with Gasteiger partial charge >= 0.3 is 11.9 Å². The number of hydrogen-bond acceptors (Lipinski definition) is 7. The van der Waals surface area contributed by atoms with E-state index < -0.39 is 22.8 Å². The molecular weight excluding hydrogens is 344 g/mol. The number of carbonyl (C=O) groups excluding carboxylic acids is 3. The van der Waals surface area contributed by atoms with Gasteiger partial charge in [-0.15, -0.1) is 0 Å². The minimum atomic E-state index is -0.803. The number of hydrogen-bond donors (Lipinski definition) is 1. The number of rotatable bonds is 6. The maximum absolute atomic E-state index is 12.0. The van der Waals surface area contributed by atoms with Crippen molar-refractivity contribution >= 4 is 23.5 Å². The van der Waals surface area contributed by atoms with Gasteiger partial charge in [-0.25, -0.2) is 9.59 Å². The highest BCUT2D eigenvalue weighted by Gasteiger charge is 2.18. The van der Waals surface area contributed by atoms with Gasteiger partial charge in [-0.05, 0) is 36.4 Å². The van der Waals surface area contributed by atoms with Crippen LogP contribution >= 0.6 is 0 Å². The maximum Gasteiger partial charge on any atom is 0.338 e. The van der Waals surface area contributed by atoms with Crippen LogP contribution in [0.15, 0.2) is 42.5 Å². The van der Waals surface area contributed by atoms with Gasteiger partial charge in [0.15, 0.2) is 0 Å². The fourth-order valence-electron chi connectivity index (χ4n) is 2.10. The lowest BCUT2D eigenvalue weighted by Gasteiger charge is -2.07. The van der Waals surface area contributed by atoms with Crippen LogP contribution in [0.5, 0.6) is 0 Å². The first kappa shape index (κ1) is 18.6. The van der Waals surface area contributed by atoms with Crippen LogP contribution in [0.1, 0.15) is 36.6 Å². The minimum absolute atomic E-state index is 0.0230. The van der Waals surface area contributed by atoms with E-state index in [0.29, 0.717) is 0 Å². The molecule has 2 aromatic rings. The second-order valence-corrected chi connectivity index (χ2v) is 5.11. The first-order valence-electron chi connectivity index (χ1n) is 7.26. The Balaban J connectivity index is 2.13. The number of nitro benzene ring substituents is 1. The Bertz CT molecular complexity index is 875. The van der Waals surface area contributed by atoms with Crippen molar-refractivity contribution in [1.29, 1.82) is 0 Å². The first-order chi connectivity index (χ1) is 12.3. The summed E-state index contributed by atoms with van der Waals surface area (Å²) in [5.41, 5.74) is 5.23. The fourth-order valence-corrected chi connectivity index (χ4v) is 2.10. The van der Waals surface area contributed by atoms with Gasteiger partial charge in [0.25, 0.3) is 5.69 Å². The number of carbonyl (C=O) groups is 3. The van der Waals surface area contributed by atoms with E-state index in [1.807, 2.05) is 0 Å². The molecule has 0 fully saturated rings. The van der Waals surface area contributed by atoms with E-state index in [1.54, 1.807) is 0 Å². The van der Waals surface area contributed by atoms with Gasteiger partial charge in [-0.3, -0.25) is 14.9 Å². The average Bonchev–Trinajstić information content (AvgIpc) is 2.65. The van der Waals surface area contributed by atoms with E-state index >= 15 is 0 Å². The molecule has 0 aliphatic carbocycles. The van der Waals surface area contributed by atoms with Crippen LogP contribution in [0.3, 0.4) is 0 Å². The van der Waals surface area contributed by atoms with Gasteiger partial charge in [0, 0.05) is 11.6 Å². The van der Waals surface area contributed by atoms with Crippen molar-refractivity contribution in [3.63, 3.8) is 0 Å². The fraction of sp³-hybridized carbons (Fsp3) is 0.118. The summed E-state index contributed by atoms with van der Waals surface area (Å²) in [5, 5.41) is 11.1. The van der Waals surface area contributed by atoms with E-state index in [0.717, 1.165) is 6.07 Å². The summed E-state index contributed by atoms with van der Waals surface area (Å²) in [5.74, 6) is -2.08. The summed E-state index contributed by atoms with van der Waals surface area (Å²) >= 11 is 0. The SMILES string of the molecule is COC(=O)c1ccc(C(=O)OCc2ccc(C(N)=O)cc2[N+](=O)[O-])cc1. The van der Waals surface area contributed by atoms with Crippen LogP contribution in [-0.2, 0) is 16.1 Å². The lowest BCUT2D eigenvalue weighted by molar-refractivity contribution is -0.385. The Kier molecular flexibility index (Phi) is 5.63. The number of ether oxygens (including phenoxy) is 2. The quantitative estimate of drug-likeness (QED) is 0.472. The van der Waals surface area contributed by atoms with Crippen LogP contribution in [0.4, 0.5) is 5.69 Å². The lowest BCUT2D eigenvalue weighted by Crippen LogP contribution is -2.12. The van der Waals surface area contributed by atoms with Crippen molar-refractivity contribution in [2.45, 2.75) is 6.61 Å². The van der Waals surface area contributed by atoms with Gasteiger partial charge < -0.3 is 15.2 Å². The number of nitrogens with zero attached hydrogens (tertiary/aromatic N) is 1. The predicted molar refractivity (Wildman–Crippen MR) is 88.5 cm³/mol. The molecule has 0 radical (unpaired) electrons. The number of methoxy groups -OCH3 is 1. The molecular formula is C17H14N2O7. The largest absolute Gasteiger partial charge is 0.465 e. The lowest BCUT2D eigenvalue weighted by atomic mass is 10.1. The zero-order chi connectivity index (χ0) is 19.3. The van der Waals surface area contributed by atoms with Gasteiger partial charge in [0.1, 0.15) is 6.61 Å². The molecule has 0 spiro atoms. The number of esters is 2. The molecule has 0 aliphatic rings. The van der Waals surface area contributed by atoms with Crippen LogP contribution in [0.25, 0.3) is 0 Å². The Hall–Kier alpha value is -3.75. The molecule has 0 atom stereocenters. The molecule has 0 heterocycles. The van der Waals surface area contributed by atoms with Gasteiger partial charge in [-0.2, -0.15) is 0 Å². The van der Waals surface area contributed by atoms with Crippen LogP contribution in [0.2, 0.25) is 0 Å². The third kappa shape index (κ3) is 4.20. The van der Waals surface area contributed by atoms with Crippen molar-refractivity contribution in [3.05, 3.63) is 74.8 Å². The Morgan fingerprint density at radius 3 is 2.04 bits per heavy atom. The highest BCUT2D eigenvalue weighted by atomic mass is 16.6. The number of benzene rings is 2. The minimum Gasteiger partial charge on any atom is -0.465 e. The van der Waals surface area contributed by atoms with Crippen LogP contribution < -0.4 is 5.73 Å². The van der Waals surface area contributed by atoms with E-state index in [2.05, 4.69) is 4.74 Å². The zero-order valence-corrected chi connectivity index (χ0v) is 13.6. The molecule has 0 saturated carbocycles. The Morgan fingerprint density at radius 2 is 1.54 bits per heavy atom. The molecule has 0 bridgehead atoms. The zero-order valence-electron chi connectivity index (χ0n) is 13.6. The number of nitro groups is 1. The number of nitrogens with two attached hydrogens (primary N) is 1. The van der Waals surface area contributed by atoms with Crippen molar-refractivity contribution in [2.75, 3.05) is 7.11 Å². The smallest absolute Gasteiger partial charge is 0.338 e. The highest BCUT2D eigenvalue weighted by molar-refractivity contribution is 5.94. The highest BCUT2D eigenvalue weighted by Crippen LogP contribution is 2.21.